The van der Waals surface area contributed by atoms with Crippen LogP contribution in [0, 0.1) is 20.8 Å². The molecule has 0 bridgehead atoms. The second-order valence-corrected chi connectivity index (χ2v) is 12.2. The van der Waals surface area contributed by atoms with Crippen molar-refractivity contribution in [2.45, 2.75) is 20.8 Å². The van der Waals surface area contributed by atoms with E-state index < -0.39 is 14.8 Å². The van der Waals surface area contributed by atoms with Crippen molar-refractivity contribution >= 4 is 26.0 Å². The van der Waals surface area contributed by atoms with Crippen LogP contribution < -0.4 is 22.6 Å². The average Bonchev–Trinajstić information content (AvgIpc) is 2.83. The zero-order chi connectivity index (χ0) is 26.5. The lowest BCUT2D eigenvalue weighted by Gasteiger charge is -2.20. The molecule has 7 nitrogen and oxygen atoms in total. The lowest BCUT2D eigenvalue weighted by molar-refractivity contribution is 0.298. The second kappa shape index (κ2) is 11.4. The van der Waals surface area contributed by atoms with E-state index in [9.17, 15) is 9.13 Å². The summed E-state index contributed by atoms with van der Waals surface area (Å²) in [6, 6.07) is 26.7. The molecule has 0 saturated carbocycles. The second-order valence-electron chi connectivity index (χ2n) is 8.25. The van der Waals surface area contributed by atoms with Crippen LogP contribution in [0.2, 0.25) is 0 Å². The van der Waals surface area contributed by atoms with Crippen LogP contribution in [-0.4, -0.2) is 0 Å². The van der Waals surface area contributed by atoms with Crippen molar-refractivity contribution in [3.8, 4) is 28.7 Å². The van der Waals surface area contributed by atoms with E-state index in [1.165, 1.54) is 24.3 Å². The Labute approximate surface area is 220 Å². The lowest BCUT2D eigenvalue weighted by Crippen LogP contribution is -2.07. The fourth-order valence-electron chi connectivity index (χ4n) is 3.15. The van der Waals surface area contributed by atoms with Gasteiger partial charge in [0, 0.05) is 11.2 Å². The van der Waals surface area contributed by atoms with E-state index in [1.54, 1.807) is 54.6 Å². The SMILES string of the molecule is Cc1ccc(OP(=O)(Cl)Oc2ccc(OP(=O)(Oc3ccc(C)cc3)Oc3cccc(C)c3)cc2)cc1. The number of hydrogen-bond acceptors (Lipinski definition) is 7. The number of rotatable bonds is 10. The number of hydrogen-bond donors (Lipinski definition) is 0. The van der Waals surface area contributed by atoms with Crippen LogP contribution in [0.15, 0.2) is 97.1 Å². The molecule has 0 fully saturated rings. The zero-order valence-corrected chi connectivity index (χ0v) is 22.9. The van der Waals surface area contributed by atoms with Crippen molar-refractivity contribution in [1.82, 2.24) is 0 Å². The van der Waals surface area contributed by atoms with Gasteiger partial charge in [0.1, 0.15) is 28.7 Å². The van der Waals surface area contributed by atoms with Crippen molar-refractivity contribution in [3.05, 3.63) is 114 Å². The molecule has 0 radical (unpaired) electrons. The summed E-state index contributed by atoms with van der Waals surface area (Å²) in [5.74, 6) is 1.28. The van der Waals surface area contributed by atoms with Gasteiger partial charge in [0.15, 0.2) is 0 Å². The predicted octanol–water partition coefficient (Wildman–Crippen LogP) is 9.06. The van der Waals surface area contributed by atoms with Gasteiger partial charge in [-0.2, -0.15) is 4.57 Å². The third kappa shape index (κ3) is 8.06. The highest BCUT2D eigenvalue weighted by Crippen LogP contribution is 2.54. The number of phosphoric acid groups is 1. The van der Waals surface area contributed by atoms with Gasteiger partial charge in [0.2, 0.25) is 0 Å². The molecule has 10 heteroatoms. The Hall–Kier alpha value is -3.37. The van der Waals surface area contributed by atoms with E-state index in [1.807, 2.05) is 39.0 Å². The highest BCUT2D eigenvalue weighted by Gasteiger charge is 2.33. The van der Waals surface area contributed by atoms with Crippen molar-refractivity contribution in [2.24, 2.45) is 0 Å². The minimum atomic E-state index is -4.17. The normalized spacial score (nSPS) is 14.1. The maximum atomic E-state index is 13.7. The first-order valence-electron chi connectivity index (χ1n) is 11.3. The van der Waals surface area contributed by atoms with E-state index in [0.717, 1.165) is 16.7 Å². The van der Waals surface area contributed by atoms with Crippen molar-refractivity contribution < 1.29 is 31.7 Å². The summed E-state index contributed by atoms with van der Waals surface area (Å²) in [6.45, 7) is 1.75. The van der Waals surface area contributed by atoms with Crippen molar-refractivity contribution in [3.63, 3.8) is 0 Å². The average molecular weight is 559 g/mol. The molecule has 2 unspecified atom stereocenters. The molecule has 0 aliphatic carbocycles. The number of halogens is 1. The minimum absolute atomic E-state index is 0.159. The molecule has 0 aromatic heterocycles. The molecule has 0 spiro atoms. The third-order valence-corrected chi connectivity index (χ3v) is 7.51. The summed E-state index contributed by atoms with van der Waals surface area (Å²) in [5, 5.41) is 0. The molecular weight excluding hydrogens is 534 g/mol. The highest BCUT2D eigenvalue weighted by molar-refractivity contribution is 7.82. The van der Waals surface area contributed by atoms with Crippen LogP contribution in [0.5, 0.6) is 28.7 Å². The van der Waals surface area contributed by atoms with Gasteiger partial charge in [-0.1, -0.05) is 47.5 Å². The van der Waals surface area contributed by atoms with Crippen molar-refractivity contribution in [2.75, 3.05) is 0 Å². The fraction of sp³-hybridized carbons (Fsp3) is 0.111. The van der Waals surface area contributed by atoms with E-state index in [4.69, 9.17) is 33.9 Å². The molecule has 0 aliphatic heterocycles. The molecule has 4 aromatic rings. The van der Waals surface area contributed by atoms with Gasteiger partial charge in [-0.05, 0) is 87.0 Å². The lowest BCUT2D eigenvalue weighted by atomic mass is 10.2. The monoisotopic (exact) mass is 558 g/mol. The Kier molecular flexibility index (Phi) is 8.19. The first kappa shape index (κ1) is 26.7. The predicted molar refractivity (Wildman–Crippen MR) is 144 cm³/mol. The van der Waals surface area contributed by atoms with Crippen LogP contribution in [0.3, 0.4) is 0 Å². The molecule has 37 heavy (non-hydrogen) atoms. The quantitative estimate of drug-likeness (QED) is 0.180. The van der Waals surface area contributed by atoms with E-state index in [0.29, 0.717) is 17.2 Å². The molecule has 0 N–H and O–H groups in total. The van der Waals surface area contributed by atoms with Gasteiger partial charge in [-0.3, -0.25) is 0 Å². The fourth-order valence-corrected chi connectivity index (χ4v) is 5.65. The number of phosphoric ester groups is 1. The van der Waals surface area contributed by atoms with Crippen LogP contribution in [0.25, 0.3) is 0 Å². The largest absolute Gasteiger partial charge is 0.647 e. The van der Waals surface area contributed by atoms with E-state index in [-0.39, 0.29) is 11.5 Å². The Bertz CT molecular complexity index is 1440. The van der Waals surface area contributed by atoms with Gasteiger partial charge in [-0.15, -0.1) is 0 Å². The topological polar surface area (TPSA) is 80.3 Å². The number of aryl methyl sites for hydroxylation is 3. The van der Waals surface area contributed by atoms with Crippen molar-refractivity contribution in [1.29, 1.82) is 0 Å². The van der Waals surface area contributed by atoms with E-state index in [2.05, 4.69) is 0 Å². The van der Waals surface area contributed by atoms with Crippen LogP contribution in [-0.2, 0) is 9.13 Å². The molecule has 192 valence electrons. The van der Waals surface area contributed by atoms with Gasteiger partial charge < -0.3 is 22.6 Å². The smallest absolute Gasteiger partial charge is 0.405 e. The molecule has 0 amide bonds. The summed E-state index contributed by atoms with van der Waals surface area (Å²) in [5.41, 5.74) is 2.95. The maximum Gasteiger partial charge on any atom is 0.647 e. The van der Waals surface area contributed by atoms with Crippen LogP contribution in [0.1, 0.15) is 16.7 Å². The summed E-state index contributed by atoms with van der Waals surface area (Å²) in [7, 11) is -4.17. The molecule has 0 saturated heterocycles. The van der Waals surface area contributed by atoms with Crippen LogP contribution in [0.4, 0.5) is 0 Å². The molecule has 2 atom stereocenters. The molecule has 4 rings (SSSR count). The molecule has 0 heterocycles. The summed E-state index contributed by atoms with van der Waals surface area (Å²) in [4.78, 5) is 0. The molecule has 0 aliphatic rings. The van der Waals surface area contributed by atoms with Crippen LogP contribution >= 0.6 is 26.0 Å². The van der Waals surface area contributed by atoms with Gasteiger partial charge in [0.05, 0.1) is 0 Å². The Morgan fingerprint density at radius 3 is 1.30 bits per heavy atom. The summed E-state index contributed by atoms with van der Waals surface area (Å²) < 4.78 is 54.0. The van der Waals surface area contributed by atoms with Gasteiger partial charge in [-0.25, -0.2) is 4.57 Å². The Morgan fingerprint density at radius 2 is 0.865 bits per heavy atom. The standard InChI is InChI=1S/C27H25ClO7P2/c1-20-7-11-23(12-8-20)31-36(28,29)32-24-15-17-26(18-16-24)34-37(30,33-25-13-9-21(2)10-14-25)35-27-6-4-5-22(3)19-27/h4-19H,1-3H3. The maximum absolute atomic E-state index is 13.7. The highest BCUT2D eigenvalue weighted by atomic mass is 35.7. The number of benzene rings is 4. The first-order valence-corrected chi connectivity index (χ1v) is 15.2. The minimum Gasteiger partial charge on any atom is -0.405 e. The Balaban J connectivity index is 1.49. The third-order valence-electron chi connectivity index (χ3n) is 4.94. The Morgan fingerprint density at radius 1 is 0.486 bits per heavy atom. The zero-order valence-electron chi connectivity index (χ0n) is 20.4. The summed E-state index contributed by atoms with van der Waals surface area (Å²) in [6.07, 6.45) is 0. The molecule has 4 aromatic carbocycles. The summed E-state index contributed by atoms with van der Waals surface area (Å²) >= 11 is 5.99. The van der Waals surface area contributed by atoms with E-state index >= 15 is 0 Å². The first-order chi connectivity index (χ1) is 17.6. The van der Waals surface area contributed by atoms with Gasteiger partial charge >= 0.3 is 14.8 Å². The molecular formula is C27H25ClO7P2. The van der Waals surface area contributed by atoms with Gasteiger partial charge in [0.25, 0.3) is 0 Å².